The molecule has 1 unspecified atom stereocenters. The van der Waals surface area contributed by atoms with E-state index in [2.05, 4.69) is 31.3 Å². The molecule has 0 fully saturated rings. The van der Waals surface area contributed by atoms with E-state index < -0.39 is 0 Å². The quantitative estimate of drug-likeness (QED) is 0.720. The van der Waals surface area contributed by atoms with Crippen LogP contribution in [0.25, 0.3) is 0 Å². The summed E-state index contributed by atoms with van der Waals surface area (Å²) in [5.41, 5.74) is 2.31. The van der Waals surface area contributed by atoms with Crippen LogP contribution in [-0.2, 0) is 6.54 Å². The van der Waals surface area contributed by atoms with E-state index in [9.17, 15) is 0 Å². The topological polar surface area (TPSA) is 30.5 Å². The minimum Gasteiger partial charge on any atom is -0.491 e. The van der Waals surface area contributed by atoms with Crippen LogP contribution in [0.3, 0.4) is 0 Å². The van der Waals surface area contributed by atoms with Crippen molar-refractivity contribution in [2.75, 3.05) is 5.32 Å². The van der Waals surface area contributed by atoms with Crippen molar-refractivity contribution in [2.45, 2.75) is 52.9 Å². The Kier molecular flexibility index (Phi) is 6.33. The summed E-state index contributed by atoms with van der Waals surface area (Å²) in [6.45, 7) is 9.05. The lowest BCUT2D eigenvalue weighted by atomic mass is 10.2. The first-order valence-electron chi connectivity index (χ1n) is 8.33. The molecule has 2 rings (SSSR count). The van der Waals surface area contributed by atoms with Crippen LogP contribution in [0.5, 0.6) is 11.5 Å². The molecule has 0 aliphatic heterocycles. The van der Waals surface area contributed by atoms with Crippen LogP contribution >= 0.6 is 0 Å². The Balaban J connectivity index is 1.85. The highest BCUT2D eigenvalue weighted by molar-refractivity contribution is 5.47. The third kappa shape index (κ3) is 5.85. The lowest BCUT2D eigenvalue weighted by Gasteiger charge is -2.13. The van der Waals surface area contributed by atoms with Crippen molar-refractivity contribution >= 4 is 5.69 Å². The molecule has 3 nitrogen and oxygen atoms in total. The molecule has 0 aromatic heterocycles. The highest BCUT2D eigenvalue weighted by atomic mass is 16.5. The largest absolute Gasteiger partial charge is 0.491 e. The molecule has 0 saturated heterocycles. The van der Waals surface area contributed by atoms with E-state index in [1.54, 1.807) is 0 Å². The summed E-state index contributed by atoms with van der Waals surface area (Å²) < 4.78 is 11.4. The van der Waals surface area contributed by atoms with Crippen LogP contribution in [0.15, 0.2) is 48.5 Å². The molecule has 23 heavy (non-hydrogen) atoms. The van der Waals surface area contributed by atoms with Crippen molar-refractivity contribution in [1.82, 2.24) is 0 Å². The van der Waals surface area contributed by atoms with Gasteiger partial charge in [0.2, 0.25) is 0 Å². The lowest BCUT2D eigenvalue weighted by molar-refractivity contribution is 0.217. The summed E-state index contributed by atoms with van der Waals surface area (Å²) in [4.78, 5) is 0. The fourth-order valence-corrected chi connectivity index (χ4v) is 2.13. The minimum atomic E-state index is 0.204. The number of rotatable bonds is 8. The lowest BCUT2D eigenvalue weighted by Crippen LogP contribution is -2.09. The maximum Gasteiger partial charge on any atom is 0.119 e. The Bertz CT molecular complexity index is 576. The molecular weight excluding hydrogens is 286 g/mol. The first kappa shape index (κ1) is 17.2. The molecule has 1 N–H and O–H groups in total. The molecule has 0 spiro atoms. The van der Waals surface area contributed by atoms with Gasteiger partial charge in [0.1, 0.15) is 11.5 Å². The Morgan fingerprint density at radius 3 is 1.96 bits per heavy atom. The van der Waals surface area contributed by atoms with E-state index in [0.29, 0.717) is 0 Å². The summed E-state index contributed by atoms with van der Waals surface area (Å²) in [7, 11) is 0. The fourth-order valence-electron chi connectivity index (χ4n) is 2.13. The first-order chi connectivity index (χ1) is 11.1. The van der Waals surface area contributed by atoms with E-state index in [0.717, 1.165) is 30.2 Å². The normalized spacial score (nSPS) is 12.0. The molecule has 0 aliphatic carbocycles. The maximum absolute atomic E-state index is 5.78. The van der Waals surface area contributed by atoms with Crippen LogP contribution in [0, 0.1) is 0 Å². The van der Waals surface area contributed by atoms with Gasteiger partial charge in [0.15, 0.2) is 0 Å². The molecule has 2 aromatic rings. The summed E-state index contributed by atoms with van der Waals surface area (Å²) >= 11 is 0. The Morgan fingerprint density at radius 2 is 1.39 bits per heavy atom. The zero-order valence-electron chi connectivity index (χ0n) is 14.5. The number of benzene rings is 2. The number of hydrogen-bond acceptors (Lipinski definition) is 3. The van der Waals surface area contributed by atoms with Crippen molar-refractivity contribution in [1.29, 1.82) is 0 Å². The van der Waals surface area contributed by atoms with E-state index >= 15 is 0 Å². The van der Waals surface area contributed by atoms with Crippen LogP contribution in [0.2, 0.25) is 0 Å². The maximum atomic E-state index is 5.78. The molecule has 1 atom stereocenters. The van der Waals surface area contributed by atoms with Crippen LogP contribution in [0.4, 0.5) is 5.69 Å². The monoisotopic (exact) mass is 313 g/mol. The third-order valence-electron chi connectivity index (χ3n) is 3.56. The van der Waals surface area contributed by atoms with E-state index in [1.807, 2.05) is 50.2 Å². The minimum absolute atomic E-state index is 0.204. The Labute approximate surface area is 139 Å². The number of nitrogens with one attached hydrogen (secondary N) is 1. The van der Waals surface area contributed by atoms with Crippen molar-refractivity contribution < 1.29 is 9.47 Å². The smallest absolute Gasteiger partial charge is 0.119 e. The summed E-state index contributed by atoms with van der Waals surface area (Å²) in [5.74, 6) is 1.83. The van der Waals surface area contributed by atoms with Crippen LogP contribution < -0.4 is 14.8 Å². The second-order valence-corrected chi connectivity index (χ2v) is 6.03. The summed E-state index contributed by atoms with van der Waals surface area (Å²) in [6, 6.07) is 16.3. The third-order valence-corrected chi connectivity index (χ3v) is 3.56. The van der Waals surface area contributed by atoms with Gasteiger partial charge in [-0.25, -0.2) is 0 Å². The average Bonchev–Trinajstić information content (AvgIpc) is 2.55. The highest BCUT2D eigenvalue weighted by Gasteiger charge is 2.02. The van der Waals surface area contributed by atoms with Gasteiger partial charge in [0, 0.05) is 12.2 Å². The average molecular weight is 313 g/mol. The molecule has 124 valence electrons. The number of ether oxygens (including phenoxy) is 2. The summed E-state index contributed by atoms with van der Waals surface area (Å²) in [5, 5.41) is 3.42. The first-order valence-corrected chi connectivity index (χ1v) is 8.33. The van der Waals surface area contributed by atoms with Gasteiger partial charge < -0.3 is 14.8 Å². The van der Waals surface area contributed by atoms with Crippen molar-refractivity contribution in [3.63, 3.8) is 0 Å². The predicted molar refractivity (Wildman–Crippen MR) is 96.4 cm³/mol. The van der Waals surface area contributed by atoms with Gasteiger partial charge in [0.25, 0.3) is 0 Å². The molecule has 0 amide bonds. The van der Waals surface area contributed by atoms with Crippen molar-refractivity contribution in [3.05, 3.63) is 54.1 Å². The van der Waals surface area contributed by atoms with Gasteiger partial charge in [0.05, 0.1) is 12.2 Å². The van der Waals surface area contributed by atoms with Gasteiger partial charge in [-0.15, -0.1) is 0 Å². The van der Waals surface area contributed by atoms with E-state index in [4.69, 9.17) is 9.47 Å². The SMILES string of the molecule is CCC(C)Oc1ccc(NCc2ccc(OC(C)C)cc2)cc1. The predicted octanol–water partition coefficient (Wildman–Crippen LogP) is 5.26. The second-order valence-electron chi connectivity index (χ2n) is 6.03. The zero-order chi connectivity index (χ0) is 16.7. The van der Waals surface area contributed by atoms with Gasteiger partial charge in [-0.3, -0.25) is 0 Å². The molecule has 3 heteroatoms. The number of hydrogen-bond donors (Lipinski definition) is 1. The molecule has 2 aromatic carbocycles. The zero-order valence-corrected chi connectivity index (χ0v) is 14.5. The Hall–Kier alpha value is -2.16. The van der Waals surface area contributed by atoms with E-state index in [-0.39, 0.29) is 12.2 Å². The second kappa shape index (κ2) is 8.47. The van der Waals surface area contributed by atoms with Crippen molar-refractivity contribution in [3.8, 4) is 11.5 Å². The summed E-state index contributed by atoms with van der Waals surface area (Å²) in [6.07, 6.45) is 1.46. The molecule has 0 heterocycles. The molecule has 0 aliphatic rings. The van der Waals surface area contributed by atoms with Crippen molar-refractivity contribution in [2.24, 2.45) is 0 Å². The number of anilines is 1. The van der Waals surface area contributed by atoms with E-state index in [1.165, 1.54) is 5.56 Å². The molecule has 0 bridgehead atoms. The standard InChI is InChI=1S/C20H27NO2/c1-5-16(4)23-20-12-8-18(9-13-20)21-14-17-6-10-19(11-7-17)22-15(2)3/h6-13,15-16,21H,5,14H2,1-4H3. The molecule has 0 saturated carbocycles. The highest BCUT2D eigenvalue weighted by Crippen LogP contribution is 2.19. The van der Waals surface area contributed by atoms with Crippen LogP contribution in [0.1, 0.15) is 39.7 Å². The van der Waals surface area contributed by atoms with Gasteiger partial charge in [-0.05, 0) is 69.2 Å². The molecular formula is C20H27NO2. The Morgan fingerprint density at radius 1 is 0.826 bits per heavy atom. The van der Waals surface area contributed by atoms with Gasteiger partial charge in [-0.2, -0.15) is 0 Å². The molecule has 0 radical (unpaired) electrons. The van der Waals surface area contributed by atoms with Crippen LogP contribution in [-0.4, -0.2) is 12.2 Å². The van der Waals surface area contributed by atoms with Gasteiger partial charge in [-0.1, -0.05) is 19.1 Å². The van der Waals surface area contributed by atoms with Gasteiger partial charge >= 0.3 is 0 Å². The fraction of sp³-hybridized carbons (Fsp3) is 0.400.